The second-order valence-corrected chi connectivity index (χ2v) is 4.93. The lowest BCUT2D eigenvalue weighted by Crippen LogP contribution is -1.97. The van der Waals surface area contributed by atoms with E-state index >= 15 is 0 Å². The van der Waals surface area contributed by atoms with Gasteiger partial charge in [0.15, 0.2) is 0 Å². The van der Waals surface area contributed by atoms with Crippen LogP contribution in [-0.4, -0.2) is 10.7 Å². The summed E-state index contributed by atoms with van der Waals surface area (Å²) in [4.78, 5) is 4.28. The molecule has 76 valence electrons. The summed E-state index contributed by atoms with van der Waals surface area (Å²) in [6.07, 6.45) is 7.40. The highest BCUT2D eigenvalue weighted by Crippen LogP contribution is 2.30. The number of hydrogen-bond acceptors (Lipinski definition) is 3. The van der Waals surface area contributed by atoms with E-state index in [9.17, 15) is 0 Å². The van der Waals surface area contributed by atoms with Gasteiger partial charge in [-0.3, -0.25) is 0 Å². The second kappa shape index (κ2) is 4.69. The predicted molar refractivity (Wildman–Crippen MR) is 61.3 cm³/mol. The average Bonchev–Trinajstić information content (AvgIpc) is 2.67. The molecule has 1 aliphatic rings. The van der Waals surface area contributed by atoms with Crippen LogP contribution in [0.1, 0.15) is 25.7 Å². The highest BCUT2D eigenvalue weighted by molar-refractivity contribution is 7.99. The number of thioether (sulfide) groups is 1. The van der Waals surface area contributed by atoms with Crippen molar-refractivity contribution < 1.29 is 0 Å². The summed E-state index contributed by atoms with van der Waals surface area (Å²) in [6, 6.07) is 3.79. The lowest BCUT2D eigenvalue weighted by Gasteiger charge is -2.07. The molecule has 1 fully saturated rings. The monoisotopic (exact) mass is 208 g/mol. The maximum absolute atomic E-state index is 5.69. The summed E-state index contributed by atoms with van der Waals surface area (Å²) < 4.78 is 0. The van der Waals surface area contributed by atoms with Crippen LogP contribution in [0.4, 0.5) is 5.69 Å². The molecule has 1 aromatic rings. The van der Waals surface area contributed by atoms with E-state index in [1.807, 2.05) is 23.9 Å². The molecule has 0 atom stereocenters. The molecule has 1 aromatic heterocycles. The third kappa shape index (κ3) is 2.64. The Bertz CT molecular complexity index is 295. The Morgan fingerprint density at radius 1 is 1.43 bits per heavy atom. The average molecular weight is 208 g/mol. The largest absolute Gasteiger partial charge is 0.399 e. The lowest BCUT2D eigenvalue weighted by molar-refractivity contribution is 0.623. The Hall–Kier alpha value is -0.700. The van der Waals surface area contributed by atoms with Gasteiger partial charge in [0, 0.05) is 17.6 Å². The van der Waals surface area contributed by atoms with Crippen LogP contribution in [0.5, 0.6) is 0 Å². The molecule has 0 bridgehead atoms. The van der Waals surface area contributed by atoms with Crippen LogP contribution in [0.2, 0.25) is 0 Å². The predicted octanol–water partition coefficient (Wildman–Crippen LogP) is 2.95. The third-order valence-electron chi connectivity index (χ3n) is 2.70. The maximum atomic E-state index is 5.69. The summed E-state index contributed by atoms with van der Waals surface area (Å²) in [5, 5.41) is 1.07. The maximum Gasteiger partial charge on any atom is 0.0980 e. The van der Waals surface area contributed by atoms with Crippen molar-refractivity contribution in [3.63, 3.8) is 0 Å². The SMILES string of the molecule is Nc1ccnc(SCC2CCCC2)c1. The van der Waals surface area contributed by atoms with E-state index in [0.29, 0.717) is 0 Å². The number of hydrogen-bond donors (Lipinski definition) is 1. The van der Waals surface area contributed by atoms with Crippen LogP contribution >= 0.6 is 11.8 Å². The Labute approximate surface area is 89.3 Å². The molecule has 2 N–H and O–H groups in total. The number of pyridine rings is 1. The van der Waals surface area contributed by atoms with Crippen molar-refractivity contribution in [2.45, 2.75) is 30.7 Å². The fraction of sp³-hybridized carbons (Fsp3) is 0.545. The first kappa shape index (κ1) is 9.84. The molecule has 1 saturated carbocycles. The van der Waals surface area contributed by atoms with E-state index in [-0.39, 0.29) is 0 Å². The Morgan fingerprint density at radius 3 is 2.93 bits per heavy atom. The van der Waals surface area contributed by atoms with Crippen molar-refractivity contribution in [2.24, 2.45) is 5.92 Å². The standard InChI is InChI=1S/C11H16N2S/c12-10-5-6-13-11(7-10)14-8-9-3-1-2-4-9/h5-7,9H,1-4,8H2,(H2,12,13). The lowest BCUT2D eigenvalue weighted by atomic mass is 10.1. The third-order valence-corrected chi connectivity index (χ3v) is 3.86. The van der Waals surface area contributed by atoms with Gasteiger partial charge in [-0.2, -0.15) is 0 Å². The van der Waals surface area contributed by atoms with Gasteiger partial charge in [0.05, 0.1) is 5.03 Å². The van der Waals surface area contributed by atoms with Crippen LogP contribution in [0.15, 0.2) is 23.4 Å². The van der Waals surface area contributed by atoms with Gasteiger partial charge >= 0.3 is 0 Å². The van der Waals surface area contributed by atoms with E-state index in [2.05, 4.69) is 4.98 Å². The van der Waals surface area contributed by atoms with Gasteiger partial charge in [0.2, 0.25) is 0 Å². The summed E-state index contributed by atoms with van der Waals surface area (Å²) in [5.41, 5.74) is 6.50. The number of anilines is 1. The first-order chi connectivity index (χ1) is 6.84. The number of rotatable bonds is 3. The number of nitrogen functional groups attached to an aromatic ring is 1. The van der Waals surface area contributed by atoms with Gasteiger partial charge in [0.1, 0.15) is 0 Å². The fourth-order valence-electron chi connectivity index (χ4n) is 1.88. The molecule has 1 aliphatic carbocycles. The van der Waals surface area contributed by atoms with E-state index in [0.717, 1.165) is 16.6 Å². The highest BCUT2D eigenvalue weighted by Gasteiger charge is 2.15. The normalized spacial score (nSPS) is 17.4. The van der Waals surface area contributed by atoms with Crippen molar-refractivity contribution >= 4 is 17.4 Å². The molecule has 0 radical (unpaired) electrons. The van der Waals surface area contributed by atoms with E-state index in [1.54, 1.807) is 6.20 Å². The fourth-order valence-corrected chi connectivity index (χ4v) is 2.98. The van der Waals surface area contributed by atoms with E-state index < -0.39 is 0 Å². The van der Waals surface area contributed by atoms with Gasteiger partial charge in [-0.1, -0.05) is 12.8 Å². The van der Waals surface area contributed by atoms with Gasteiger partial charge < -0.3 is 5.73 Å². The molecule has 3 heteroatoms. The van der Waals surface area contributed by atoms with Gasteiger partial charge in [-0.25, -0.2) is 4.98 Å². The van der Waals surface area contributed by atoms with Crippen LogP contribution in [0.3, 0.4) is 0 Å². The molecule has 0 aliphatic heterocycles. The van der Waals surface area contributed by atoms with Crippen LogP contribution in [-0.2, 0) is 0 Å². The smallest absolute Gasteiger partial charge is 0.0980 e. The van der Waals surface area contributed by atoms with Crippen molar-refractivity contribution in [1.82, 2.24) is 4.98 Å². The molecule has 0 aromatic carbocycles. The molecule has 0 saturated heterocycles. The molecule has 2 nitrogen and oxygen atoms in total. The zero-order valence-electron chi connectivity index (χ0n) is 8.28. The second-order valence-electron chi connectivity index (χ2n) is 3.89. The highest BCUT2D eigenvalue weighted by atomic mass is 32.2. The minimum atomic E-state index is 0.814. The number of nitrogens with zero attached hydrogens (tertiary/aromatic N) is 1. The van der Waals surface area contributed by atoms with Crippen LogP contribution in [0.25, 0.3) is 0 Å². The topological polar surface area (TPSA) is 38.9 Å². The van der Waals surface area contributed by atoms with Gasteiger partial charge in [0.25, 0.3) is 0 Å². The zero-order chi connectivity index (χ0) is 9.80. The van der Waals surface area contributed by atoms with Crippen molar-refractivity contribution in [1.29, 1.82) is 0 Å². The van der Waals surface area contributed by atoms with E-state index in [1.165, 1.54) is 31.4 Å². The van der Waals surface area contributed by atoms with Crippen molar-refractivity contribution in [3.05, 3.63) is 18.3 Å². The molecule has 0 amide bonds. The summed E-state index contributed by atoms with van der Waals surface area (Å²) in [7, 11) is 0. The quantitative estimate of drug-likeness (QED) is 0.776. The molecular formula is C11H16N2S. The molecule has 14 heavy (non-hydrogen) atoms. The molecule has 2 rings (SSSR count). The Kier molecular flexibility index (Phi) is 3.30. The first-order valence-electron chi connectivity index (χ1n) is 5.19. The minimum absolute atomic E-state index is 0.814. The first-order valence-corrected chi connectivity index (χ1v) is 6.17. The van der Waals surface area contributed by atoms with E-state index in [4.69, 9.17) is 5.73 Å². The summed E-state index contributed by atoms with van der Waals surface area (Å²) in [5.74, 6) is 2.11. The van der Waals surface area contributed by atoms with Gasteiger partial charge in [-0.05, 0) is 30.9 Å². The van der Waals surface area contributed by atoms with Crippen molar-refractivity contribution in [2.75, 3.05) is 11.5 Å². The molecular weight excluding hydrogens is 192 g/mol. The molecule has 1 heterocycles. The van der Waals surface area contributed by atoms with Crippen molar-refractivity contribution in [3.8, 4) is 0 Å². The summed E-state index contributed by atoms with van der Waals surface area (Å²) >= 11 is 1.84. The van der Waals surface area contributed by atoms with Crippen LogP contribution in [0, 0.1) is 5.92 Å². The number of nitrogens with two attached hydrogens (primary N) is 1. The Morgan fingerprint density at radius 2 is 2.21 bits per heavy atom. The Balaban J connectivity index is 1.85. The molecule has 0 unspecified atom stereocenters. The zero-order valence-corrected chi connectivity index (χ0v) is 9.09. The minimum Gasteiger partial charge on any atom is -0.399 e. The number of aromatic nitrogens is 1. The summed E-state index contributed by atoms with van der Waals surface area (Å²) in [6.45, 7) is 0. The van der Waals surface area contributed by atoms with Gasteiger partial charge in [-0.15, -0.1) is 11.8 Å². The molecule has 0 spiro atoms. The van der Waals surface area contributed by atoms with Crippen LogP contribution < -0.4 is 5.73 Å².